The maximum atomic E-state index is 11.8. The van der Waals surface area contributed by atoms with Crippen molar-refractivity contribution in [3.63, 3.8) is 0 Å². The summed E-state index contributed by atoms with van der Waals surface area (Å²) in [6, 6.07) is 8.82. The molecule has 0 aliphatic carbocycles. The fourth-order valence-corrected chi connectivity index (χ4v) is 2.03. The number of nitriles is 1. The molecule has 1 heterocycles. The summed E-state index contributed by atoms with van der Waals surface area (Å²) in [5.74, 6) is -0.126. The molecule has 1 aromatic rings. The number of nitrogens with one attached hydrogen (secondary N) is 1. The second kappa shape index (κ2) is 5.63. The van der Waals surface area contributed by atoms with Crippen molar-refractivity contribution in [2.45, 2.75) is 12.5 Å². The fourth-order valence-electron chi connectivity index (χ4n) is 2.03. The van der Waals surface area contributed by atoms with E-state index in [1.165, 1.54) is 0 Å². The SMILES string of the molecule is N#Cc1cccc(NC(=O)CN2CC[C@H](O)C2)c1. The van der Waals surface area contributed by atoms with Crippen molar-refractivity contribution in [2.75, 3.05) is 25.0 Å². The van der Waals surface area contributed by atoms with E-state index in [1.807, 2.05) is 11.0 Å². The first-order valence-corrected chi connectivity index (χ1v) is 5.88. The van der Waals surface area contributed by atoms with Crippen molar-refractivity contribution in [3.8, 4) is 6.07 Å². The highest BCUT2D eigenvalue weighted by Crippen LogP contribution is 2.11. The van der Waals surface area contributed by atoms with Crippen LogP contribution in [0.15, 0.2) is 24.3 Å². The lowest BCUT2D eigenvalue weighted by atomic mass is 10.2. The number of carbonyl (C=O) groups excluding carboxylic acids is 1. The summed E-state index contributed by atoms with van der Waals surface area (Å²) in [5, 5.41) is 20.9. The Balaban J connectivity index is 1.89. The van der Waals surface area contributed by atoms with Gasteiger partial charge >= 0.3 is 0 Å². The number of carbonyl (C=O) groups is 1. The molecular weight excluding hydrogens is 230 g/mol. The van der Waals surface area contributed by atoms with E-state index in [2.05, 4.69) is 5.32 Å². The van der Waals surface area contributed by atoms with Crippen molar-refractivity contribution in [1.29, 1.82) is 5.26 Å². The maximum absolute atomic E-state index is 11.8. The van der Waals surface area contributed by atoms with Crippen LogP contribution in [-0.2, 0) is 4.79 Å². The molecule has 0 bridgehead atoms. The molecular formula is C13H15N3O2. The normalized spacial score (nSPS) is 19.4. The molecule has 1 saturated heterocycles. The molecule has 5 nitrogen and oxygen atoms in total. The van der Waals surface area contributed by atoms with Crippen LogP contribution in [0, 0.1) is 11.3 Å². The van der Waals surface area contributed by atoms with E-state index in [0.717, 1.165) is 13.0 Å². The van der Waals surface area contributed by atoms with Gasteiger partial charge in [0.2, 0.25) is 5.91 Å². The van der Waals surface area contributed by atoms with Gasteiger partial charge in [-0.15, -0.1) is 0 Å². The van der Waals surface area contributed by atoms with E-state index in [1.54, 1.807) is 24.3 Å². The van der Waals surface area contributed by atoms with Crippen molar-refractivity contribution in [1.82, 2.24) is 4.90 Å². The summed E-state index contributed by atoms with van der Waals surface area (Å²) in [6.45, 7) is 1.56. The molecule has 0 radical (unpaired) electrons. The van der Waals surface area contributed by atoms with Crippen LogP contribution in [0.1, 0.15) is 12.0 Å². The minimum Gasteiger partial charge on any atom is -0.392 e. The van der Waals surface area contributed by atoms with Gasteiger partial charge in [0.1, 0.15) is 0 Å². The number of hydrogen-bond donors (Lipinski definition) is 2. The Kier molecular flexibility index (Phi) is 3.92. The van der Waals surface area contributed by atoms with Gasteiger partial charge in [-0.2, -0.15) is 5.26 Å². The quantitative estimate of drug-likeness (QED) is 0.816. The molecule has 1 fully saturated rings. The maximum Gasteiger partial charge on any atom is 0.238 e. The lowest BCUT2D eigenvalue weighted by Gasteiger charge is -2.14. The van der Waals surface area contributed by atoms with Gasteiger partial charge in [0, 0.05) is 18.8 Å². The minimum atomic E-state index is -0.320. The van der Waals surface area contributed by atoms with Crippen LogP contribution in [0.2, 0.25) is 0 Å². The zero-order chi connectivity index (χ0) is 13.0. The van der Waals surface area contributed by atoms with Crippen molar-refractivity contribution in [2.24, 2.45) is 0 Å². The van der Waals surface area contributed by atoms with Crippen molar-refractivity contribution >= 4 is 11.6 Å². The summed E-state index contributed by atoms with van der Waals surface area (Å²) in [6.07, 6.45) is 0.400. The second-order valence-corrected chi connectivity index (χ2v) is 4.42. The Morgan fingerprint density at radius 1 is 1.61 bits per heavy atom. The minimum absolute atomic E-state index is 0.126. The van der Waals surface area contributed by atoms with Crippen LogP contribution in [0.5, 0.6) is 0 Å². The number of aliphatic hydroxyl groups is 1. The summed E-state index contributed by atoms with van der Waals surface area (Å²) < 4.78 is 0. The Morgan fingerprint density at radius 2 is 2.44 bits per heavy atom. The van der Waals surface area contributed by atoms with Gasteiger partial charge in [0.25, 0.3) is 0 Å². The zero-order valence-electron chi connectivity index (χ0n) is 9.97. The molecule has 1 amide bonds. The van der Waals surface area contributed by atoms with Gasteiger partial charge in [-0.05, 0) is 24.6 Å². The van der Waals surface area contributed by atoms with E-state index >= 15 is 0 Å². The van der Waals surface area contributed by atoms with Crippen molar-refractivity contribution < 1.29 is 9.90 Å². The number of amides is 1. The third kappa shape index (κ3) is 3.29. The predicted molar refractivity (Wildman–Crippen MR) is 66.9 cm³/mol. The molecule has 1 aliphatic rings. The molecule has 0 spiro atoms. The Morgan fingerprint density at radius 3 is 3.11 bits per heavy atom. The third-order valence-electron chi connectivity index (χ3n) is 2.89. The highest BCUT2D eigenvalue weighted by molar-refractivity contribution is 5.92. The molecule has 2 N–H and O–H groups in total. The van der Waals surface area contributed by atoms with Crippen LogP contribution in [0.4, 0.5) is 5.69 Å². The van der Waals surface area contributed by atoms with Gasteiger partial charge in [-0.3, -0.25) is 9.69 Å². The highest BCUT2D eigenvalue weighted by Gasteiger charge is 2.21. The van der Waals surface area contributed by atoms with Gasteiger partial charge < -0.3 is 10.4 Å². The van der Waals surface area contributed by atoms with Crippen molar-refractivity contribution in [3.05, 3.63) is 29.8 Å². The number of hydrogen-bond acceptors (Lipinski definition) is 4. The van der Waals surface area contributed by atoms with E-state index in [4.69, 9.17) is 5.26 Å². The topological polar surface area (TPSA) is 76.4 Å². The molecule has 1 atom stereocenters. The summed E-state index contributed by atoms with van der Waals surface area (Å²) in [5.41, 5.74) is 1.14. The smallest absolute Gasteiger partial charge is 0.238 e. The van der Waals surface area contributed by atoms with Crippen LogP contribution in [0.25, 0.3) is 0 Å². The first kappa shape index (κ1) is 12.6. The highest BCUT2D eigenvalue weighted by atomic mass is 16.3. The Bertz CT molecular complexity index is 481. The lowest BCUT2D eigenvalue weighted by Crippen LogP contribution is -2.32. The molecule has 1 aromatic carbocycles. The van der Waals surface area contributed by atoms with Crippen LogP contribution in [-0.4, -0.2) is 41.7 Å². The summed E-state index contributed by atoms with van der Waals surface area (Å²) in [7, 11) is 0. The second-order valence-electron chi connectivity index (χ2n) is 4.42. The van der Waals surface area contributed by atoms with Gasteiger partial charge in [-0.25, -0.2) is 0 Å². The number of rotatable bonds is 3. The predicted octanol–water partition coefficient (Wildman–Crippen LogP) is 0.563. The zero-order valence-corrected chi connectivity index (χ0v) is 9.97. The Hall–Kier alpha value is -1.90. The molecule has 0 aromatic heterocycles. The fraction of sp³-hybridized carbons (Fsp3) is 0.385. The number of benzene rings is 1. The largest absolute Gasteiger partial charge is 0.392 e. The lowest BCUT2D eigenvalue weighted by molar-refractivity contribution is -0.117. The number of likely N-dealkylation sites (tertiary alicyclic amines) is 1. The monoisotopic (exact) mass is 245 g/mol. The van der Waals surface area contributed by atoms with Gasteiger partial charge in [-0.1, -0.05) is 6.07 Å². The van der Waals surface area contributed by atoms with Gasteiger partial charge in [0.15, 0.2) is 0 Å². The molecule has 0 saturated carbocycles. The first-order chi connectivity index (χ1) is 8.67. The molecule has 1 aliphatic heterocycles. The van der Waals surface area contributed by atoms with E-state index in [9.17, 15) is 9.90 Å². The summed E-state index contributed by atoms with van der Waals surface area (Å²) >= 11 is 0. The summed E-state index contributed by atoms with van der Waals surface area (Å²) in [4.78, 5) is 13.7. The molecule has 94 valence electrons. The van der Waals surface area contributed by atoms with Gasteiger partial charge in [0.05, 0.1) is 24.3 Å². The van der Waals surface area contributed by atoms with E-state index in [0.29, 0.717) is 17.8 Å². The Labute approximate surface area is 106 Å². The first-order valence-electron chi connectivity index (χ1n) is 5.88. The van der Waals surface area contributed by atoms with Crippen LogP contribution < -0.4 is 5.32 Å². The third-order valence-corrected chi connectivity index (χ3v) is 2.89. The standard InChI is InChI=1S/C13H15N3O2/c14-7-10-2-1-3-11(6-10)15-13(18)9-16-5-4-12(17)8-16/h1-3,6,12,17H,4-5,8-9H2,(H,15,18)/t12-/m0/s1. The number of anilines is 1. The molecule has 18 heavy (non-hydrogen) atoms. The average molecular weight is 245 g/mol. The van der Waals surface area contributed by atoms with Crippen LogP contribution >= 0.6 is 0 Å². The average Bonchev–Trinajstić information content (AvgIpc) is 2.74. The van der Waals surface area contributed by atoms with E-state index in [-0.39, 0.29) is 18.6 Å². The number of nitrogens with zero attached hydrogens (tertiary/aromatic N) is 2. The molecule has 2 rings (SSSR count). The molecule has 5 heteroatoms. The number of aliphatic hydroxyl groups excluding tert-OH is 1. The number of β-amino-alcohol motifs (C(OH)–C–C–N with tert-alkyl or cyclic N) is 1. The van der Waals surface area contributed by atoms with Crippen LogP contribution in [0.3, 0.4) is 0 Å². The molecule has 0 unspecified atom stereocenters. The van der Waals surface area contributed by atoms with E-state index < -0.39 is 0 Å².